The molecule has 0 atom stereocenters. The maximum Gasteiger partial charge on any atom is 0.255 e. The molecule has 0 saturated carbocycles. The van der Waals surface area contributed by atoms with Gasteiger partial charge in [-0.05, 0) is 40.2 Å². The van der Waals surface area contributed by atoms with Crippen LogP contribution in [0.2, 0.25) is 5.02 Å². The van der Waals surface area contributed by atoms with Crippen LogP contribution in [0, 0.1) is 0 Å². The third kappa shape index (κ3) is 3.13. The number of halogens is 2. The summed E-state index contributed by atoms with van der Waals surface area (Å²) in [7, 11) is 0. The Kier molecular flexibility index (Phi) is 4.69. The number of carbonyl (C=O) groups excluding carboxylic acids is 1. The molecule has 2 aromatic carbocycles. The number of nitrogens with zero attached hydrogens (tertiary/aromatic N) is 2. The highest BCUT2D eigenvalue weighted by Gasteiger charge is 2.24. The van der Waals surface area contributed by atoms with Gasteiger partial charge in [0.25, 0.3) is 5.91 Å². The van der Waals surface area contributed by atoms with Crippen molar-refractivity contribution in [3.63, 3.8) is 0 Å². The molecule has 0 N–H and O–H groups in total. The Balaban J connectivity index is 1.68. The zero-order valence-electron chi connectivity index (χ0n) is 12.0. The molecule has 1 saturated heterocycles. The van der Waals surface area contributed by atoms with Crippen molar-refractivity contribution in [3.8, 4) is 0 Å². The quantitative estimate of drug-likeness (QED) is 0.785. The zero-order valence-corrected chi connectivity index (χ0v) is 14.3. The minimum Gasteiger partial charge on any atom is -0.367 e. The van der Waals surface area contributed by atoms with E-state index < -0.39 is 0 Å². The molecule has 22 heavy (non-hydrogen) atoms. The summed E-state index contributed by atoms with van der Waals surface area (Å²) >= 11 is 9.70. The fourth-order valence-electron chi connectivity index (χ4n) is 2.66. The minimum absolute atomic E-state index is 0.0115. The van der Waals surface area contributed by atoms with E-state index in [1.165, 1.54) is 5.69 Å². The lowest BCUT2D eigenvalue weighted by atomic mass is 10.1. The third-order valence-corrected chi connectivity index (χ3v) is 4.86. The average Bonchev–Trinajstić information content (AvgIpc) is 2.55. The molecular weight excluding hydrogens is 364 g/mol. The van der Waals surface area contributed by atoms with Gasteiger partial charge in [0.2, 0.25) is 0 Å². The monoisotopic (exact) mass is 378 g/mol. The number of amides is 1. The molecule has 2 aromatic rings. The van der Waals surface area contributed by atoms with Crippen LogP contribution in [0.3, 0.4) is 0 Å². The summed E-state index contributed by atoms with van der Waals surface area (Å²) < 4.78 is 1.08. The van der Waals surface area contributed by atoms with E-state index in [-0.39, 0.29) is 5.91 Å². The predicted molar refractivity (Wildman–Crippen MR) is 93.7 cm³/mol. The molecule has 0 unspecified atom stereocenters. The fraction of sp³-hybridized carbons (Fsp3) is 0.235. The highest BCUT2D eigenvalue weighted by atomic mass is 79.9. The summed E-state index contributed by atoms with van der Waals surface area (Å²) in [6, 6.07) is 15.4. The third-order valence-electron chi connectivity index (χ3n) is 3.86. The number of anilines is 1. The zero-order chi connectivity index (χ0) is 15.5. The first-order valence-corrected chi connectivity index (χ1v) is 8.37. The van der Waals surface area contributed by atoms with E-state index in [2.05, 4.69) is 26.9 Å². The van der Waals surface area contributed by atoms with Gasteiger partial charge in [-0.25, -0.2) is 0 Å². The first-order chi connectivity index (χ1) is 10.7. The van der Waals surface area contributed by atoms with Crippen LogP contribution in [-0.4, -0.2) is 37.0 Å². The molecule has 0 spiro atoms. The van der Waals surface area contributed by atoms with Gasteiger partial charge >= 0.3 is 0 Å². The van der Waals surface area contributed by atoms with Gasteiger partial charge in [0.1, 0.15) is 0 Å². The molecule has 1 fully saturated rings. The highest BCUT2D eigenvalue weighted by Crippen LogP contribution is 2.27. The van der Waals surface area contributed by atoms with Gasteiger partial charge < -0.3 is 9.80 Å². The lowest BCUT2D eigenvalue weighted by Gasteiger charge is -2.36. The topological polar surface area (TPSA) is 23.6 Å². The van der Waals surface area contributed by atoms with Crippen LogP contribution >= 0.6 is 27.5 Å². The Morgan fingerprint density at radius 3 is 2.27 bits per heavy atom. The number of benzene rings is 2. The molecule has 5 heteroatoms. The number of rotatable bonds is 2. The molecule has 1 aliphatic heterocycles. The first-order valence-electron chi connectivity index (χ1n) is 7.20. The molecule has 1 heterocycles. The van der Waals surface area contributed by atoms with Crippen LogP contribution in [0.15, 0.2) is 53.0 Å². The lowest BCUT2D eigenvalue weighted by Crippen LogP contribution is -2.49. The van der Waals surface area contributed by atoms with E-state index in [0.29, 0.717) is 23.7 Å². The Hall–Kier alpha value is -1.52. The van der Waals surface area contributed by atoms with Crippen molar-refractivity contribution in [1.82, 2.24) is 4.90 Å². The standard InChI is InChI=1S/C17H16BrClN2O/c18-14-6-2-4-8-16(14)20-9-11-21(12-10-20)17(22)13-5-1-3-7-15(13)19/h1-8H,9-12H2. The van der Waals surface area contributed by atoms with Gasteiger partial charge in [-0.3, -0.25) is 4.79 Å². The van der Waals surface area contributed by atoms with E-state index >= 15 is 0 Å². The van der Waals surface area contributed by atoms with Crippen LogP contribution in [-0.2, 0) is 0 Å². The van der Waals surface area contributed by atoms with E-state index in [9.17, 15) is 4.79 Å². The van der Waals surface area contributed by atoms with E-state index in [0.717, 1.165) is 17.6 Å². The lowest BCUT2D eigenvalue weighted by molar-refractivity contribution is 0.0747. The van der Waals surface area contributed by atoms with Crippen molar-refractivity contribution < 1.29 is 4.79 Å². The maximum atomic E-state index is 12.5. The molecule has 0 aliphatic carbocycles. The van der Waals surface area contributed by atoms with Crippen molar-refractivity contribution in [2.75, 3.05) is 31.1 Å². The van der Waals surface area contributed by atoms with E-state index in [1.54, 1.807) is 12.1 Å². The van der Waals surface area contributed by atoms with Gasteiger partial charge in [-0.1, -0.05) is 35.9 Å². The molecule has 1 amide bonds. The van der Waals surface area contributed by atoms with Gasteiger partial charge in [-0.15, -0.1) is 0 Å². The fourth-order valence-corrected chi connectivity index (χ4v) is 3.42. The second-order valence-corrected chi connectivity index (χ2v) is 6.47. The molecular formula is C17H16BrClN2O. The Morgan fingerprint density at radius 1 is 0.955 bits per heavy atom. The summed E-state index contributed by atoms with van der Waals surface area (Å²) in [5, 5.41) is 0.515. The Morgan fingerprint density at radius 2 is 1.59 bits per heavy atom. The summed E-state index contributed by atoms with van der Waals surface area (Å²) in [6.07, 6.45) is 0. The molecule has 0 bridgehead atoms. The van der Waals surface area contributed by atoms with Crippen molar-refractivity contribution in [3.05, 3.63) is 63.6 Å². The number of para-hydroxylation sites is 1. The van der Waals surface area contributed by atoms with Crippen LogP contribution in [0.5, 0.6) is 0 Å². The van der Waals surface area contributed by atoms with Crippen LogP contribution in [0.4, 0.5) is 5.69 Å². The molecule has 114 valence electrons. The SMILES string of the molecule is O=C(c1ccccc1Cl)N1CCN(c2ccccc2Br)CC1. The van der Waals surface area contributed by atoms with Gasteiger partial charge in [0, 0.05) is 30.7 Å². The Labute approximate surface area is 143 Å². The molecule has 3 rings (SSSR count). The van der Waals surface area contributed by atoms with Crippen LogP contribution in [0.1, 0.15) is 10.4 Å². The van der Waals surface area contributed by atoms with Gasteiger partial charge in [-0.2, -0.15) is 0 Å². The van der Waals surface area contributed by atoms with Crippen LogP contribution < -0.4 is 4.90 Å². The minimum atomic E-state index is 0.0115. The largest absolute Gasteiger partial charge is 0.367 e. The smallest absolute Gasteiger partial charge is 0.255 e. The van der Waals surface area contributed by atoms with Crippen LogP contribution in [0.25, 0.3) is 0 Å². The average molecular weight is 380 g/mol. The maximum absolute atomic E-state index is 12.5. The molecule has 3 nitrogen and oxygen atoms in total. The number of piperazine rings is 1. The summed E-state index contributed by atoms with van der Waals surface area (Å²) in [5.74, 6) is 0.0115. The summed E-state index contributed by atoms with van der Waals surface area (Å²) in [4.78, 5) is 16.7. The van der Waals surface area contributed by atoms with Crippen molar-refractivity contribution in [2.45, 2.75) is 0 Å². The number of carbonyl (C=O) groups is 1. The second-order valence-electron chi connectivity index (χ2n) is 5.21. The predicted octanol–water partition coefficient (Wildman–Crippen LogP) is 4.06. The molecule has 1 aliphatic rings. The van der Waals surface area contributed by atoms with Crippen molar-refractivity contribution >= 4 is 39.1 Å². The highest BCUT2D eigenvalue weighted by molar-refractivity contribution is 9.10. The number of hydrogen-bond donors (Lipinski definition) is 0. The number of hydrogen-bond acceptors (Lipinski definition) is 2. The van der Waals surface area contributed by atoms with E-state index in [4.69, 9.17) is 11.6 Å². The second kappa shape index (κ2) is 6.71. The van der Waals surface area contributed by atoms with Gasteiger partial charge in [0.05, 0.1) is 16.3 Å². The normalized spacial score (nSPS) is 15.0. The molecule has 0 aromatic heterocycles. The summed E-state index contributed by atoms with van der Waals surface area (Å²) in [6.45, 7) is 3.04. The van der Waals surface area contributed by atoms with E-state index in [1.807, 2.05) is 35.2 Å². The molecule has 0 radical (unpaired) electrons. The van der Waals surface area contributed by atoms with Crippen molar-refractivity contribution in [2.24, 2.45) is 0 Å². The van der Waals surface area contributed by atoms with Gasteiger partial charge in [0.15, 0.2) is 0 Å². The van der Waals surface area contributed by atoms with Crippen molar-refractivity contribution in [1.29, 1.82) is 0 Å². The summed E-state index contributed by atoms with van der Waals surface area (Å²) in [5.41, 5.74) is 1.76. The Bertz CT molecular complexity index is 684. The first kappa shape index (κ1) is 15.4.